The lowest BCUT2D eigenvalue weighted by Gasteiger charge is -2.18. The zero-order chi connectivity index (χ0) is 13.8. The lowest BCUT2D eigenvalue weighted by molar-refractivity contribution is 0.0784. The van der Waals surface area contributed by atoms with Crippen LogP contribution in [0.25, 0.3) is 0 Å². The van der Waals surface area contributed by atoms with Gasteiger partial charge in [0.1, 0.15) is 0 Å². The number of amides is 1. The van der Waals surface area contributed by atoms with Gasteiger partial charge in [0.05, 0.1) is 0 Å². The Morgan fingerprint density at radius 2 is 2.16 bits per heavy atom. The molecule has 0 spiro atoms. The molecule has 0 aliphatic rings. The molecule has 0 unspecified atom stereocenters. The van der Waals surface area contributed by atoms with Crippen LogP contribution >= 0.6 is 0 Å². The van der Waals surface area contributed by atoms with Crippen molar-refractivity contribution in [3.05, 3.63) is 59.4 Å². The molecule has 4 nitrogen and oxygen atoms in total. The minimum atomic E-state index is -0.0337. The summed E-state index contributed by atoms with van der Waals surface area (Å²) in [5, 5.41) is 0. The molecule has 0 saturated heterocycles. The Bertz CT molecular complexity index is 581. The van der Waals surface area contributed by atoms with Crippen LogP contribution in [-0.4, -0.2) is 22.8 Å². The quantitative estimate of drug-likeness (QED) is 0.856. The molecule has 19 heavy (non-hydrogen) atoms. The van der Waals surface area contributed by atoms with Crippen molar-refractivity contribution in [2.24, 2.45) is 0 Å². The molecule has 0 bridgehead atoms. The number of benzene rings is 1. The molecule has 1 heterocycles. The minimum absolute atomic E-state index is 0.0337. The fourth-order valence-electron chi connectivity index (χ4n) is 1.91. The van der Waals surface area contributed by atoms with Gasteiger partial charge >= 0.3 is 0 Å². The van der Waals surface area contributed by atoms with Gasteiger partial charge in [-0.2, -0.15) is 0 Å². The van der Waals surface area contributed by atoms with E-state index in [-0.39, 0.29) is 5.91 Å². The molecule has 2 N–H and O–H groups in total. The molecule has 0 atom stereocenters. The average Bonchev–Trinajstić information content (AvgIpc) is 2.42. The second kappa shape index (κ2) is 5.52. The number of rotatable bonds is 3. The SMILES string of the molecule is Cc1ccc(N)cc1C(=O)N(C)Cc1cccnc1. The van der Waals surface area contributed by atoms with Gasteiger partial charge in [0, 0.05) is 37.2 Å². The number of nitrogens with zero attached hydrogens (tertiary/aromatic N) is 2. The Morgan fingerprint density at radius 1 is 1.37 bits per heavy atom. The lowest BCUT2D eigenvalue weighted by Crippen LogP contribution is -2.27. The fraction of sp³-hybridized carbons (Fsp3) is 0.200. The molecular weight excluding hydrogens is 238 g/mol. The van der Waals surface area contributed by atoms with E-state index >= 15 is 0 Å². The minimum Gasteiger partial charge on any atom is -0.399 e. The number of carbonyl (C=O) groups is 1. The van der Waals surface area contributed by atoms with E-state index in [4.69, 9.17) is 5.73 Å². The highest BCUT2D eigenvalue weighted by molar-refractivity contribution is 5.96. The molecule has 1 aromatic heterocycles. The molecule has 2 rings (SSSR count). The first kappa shape index (κ1) is 13.1. The largest absolute Gasteiger partial charge is 0.399 e. The van der Waals surface area contributed by atoms with Gasteiger partial charge in [-0.15, -0.1) is 0 Å². The third-order valence-electron chi connectivity index (χ3n) is 2.98. The maximum absolute atomic E-state index is 12.4. The third-order valence-corrected chi connectivity index (χ3v) is 2.98. The molecule has 1 aromatic carbocycles. The molecule has 1 amide bonds. The monoisotopic (exact) mass is 255 g/mol. The topological polar surface area (TPSA) is 59.2 Å². The highest BCUT2D eigenvalue weighted by atomic mass is 16.2. The van der Waals surface area contributed by atoms with Crippen LogP contribution in [0.1, 0.15) is 21.5 Å². The average molecular weight is 255 g/mol. The van der Waals surface area contributed by atoms with Gasteiger partial charge in [-0.1, -0.05) is 12.1 Å². The Balaban J connectivity index is 2.17. The highest BCUT2D eigenvalue weighted by Gasteiger charge is 2.14. The summed E-state index contributed by atoms with van der Waals surface area (Å²) in [5.74, 6) is -0.0337. The maximum Gasteiger partial charge on any atom is 0.254 e. The van der Waals surface area contributed by atoms with E-state index in [9.17, 15) is 4.79 Å². The molecule has 0 aliphatic carbocycles. The Labute approximate surface area is 112 Å². The lowest BCUT2D eigenvalue weighted by atomic mass is 10.1. The Kier molecular flexibility index (Phi) is 3.80. The van der Waals surface area contributed by atoms with Crippen molar-refractivity contribution < 1.29 is 4.79 Å². The summed E-state index contributed by atoms with van der Waals surface area (Å²) in [6.45, 7) is 2.44. The zero-order valence-corrected chi connectivity index (χ0v) is 11.1. The predicted octanol–water partition coefficient (Wildman–Crippen LogP) is 2.24. The number of nitrogen functional groups attached to an aromatic ring is 1. The summed E-state index contributed by atoms with van der Waals surface area (Å²) >= 11 is 0. The fourth-order valence-corrected chi connectivity index (χ4v) is 1.91. The van der Waals surface area contributed by atoms with Gasteiger partial charge < -0.3 is 10.6 Å². The second-order valence-corrected chi connectivity index (χ2v) is 4.60. The van der Waals surface area contributed by atoms with Crippen LogP contribution in [0.5, 0.6) is 0 Å². The molecule has 98 valence electrons. The van der Waals surface area contributed by atoms with Crippen LogP contribution in [0.2, 0.25) is 0 Å². The van der Waals surface area contributed by atoms with E-state index in [0.717, 1.165) is 11.1 Å². The van der Waals surface area contributed by atoms with Crippen molar-refractivity contribution in [1.29, 1.82) is 0 Å². The first-order valence-corrected chi connectivity index (χ1v) is 6.08. The molecular formula is C15H17N3O. The van der Waals surface area contributed by atoms with Crippen LogP contribution in [0.3, 0.4) is 0 Å². The van der Waals surface area contributed by atoms with Gasteiger partial charge in [-0.3, -0.25) is 9.78 Å². The van der Waals surface area contributed by atoms with Crippen molar-refractivity contribution in [1.82, 2.24) is 9.88 Å². The number of hydrogen-bond donors (Lipinski definition) is 1. The molecule has 0 fully saturated rings. The second-order valence-electron chi connectivity index (χ2n) is 4.60. The zero-order valence-electron chi connectivity index (χ0n) is 11.1. The van der Waals surface area contributed by atoms with E-state index in [1.165, 1.54) is 0 Å². The maximum atomic E-state index is 12.4. The summed E-state index contributed by atoms with van der Waals surface area (Å²) in [4.78, 5) is 18.1. The van der Waals surface area contributed by atoms with Crippen LogP contribution in [0.15, 0.2) is 42.7 Å². The van der Waals surface area contributed by atoms with E-state index in [0.29, 0.717) is 17.8 Å². The van der Waals surface area contributed by atoms with E-state index < -0.39 is 0 Å². The highest BCUT2D eigenvalue weighted by Crippen LogP contribution is 2.15. The molecule has 2 aromatic rings. The predicted molar refractivity (Wildman–Crippen MR) is 75.6 cm³/mol. The van der Waals surface area contributed by atoms with Crippen molar-refractivity contribution in [2.75, 3.05) is 12.8 Å². The normalized spacial score (nSPS) is 10.2. The van der Waals surface area contributed by atoms with Gasteiger partial charge in [-0.05, 0) is 36.2 Å². The van der Waals surface area contributed by atoms with Crippen molar-refractivity contribution in [3.8, 4) is 0 Å². The van der Waals surface area contributed by atoms with Crippen LogP contribution < -0.4 is 5.73 Å². The molecule has 0 radical (unpaired) electrons. The molecule has 0 saturated carbocycles. The summed E-state index contributed by atoms with van der Waals surface area (Å²) in [6.07, 6.45) is 3.48. The number of hydrogen-bond acceptors (Lipinski definition) is 3. The number of pyridine rings is 1. The summed E-state index contributed by atoms with van der Waals surface area (Å²) in [6, 6.07) is 9.19. The van der Waals surface area contributed by atoms with Crippen LogP contribution in [0.4, 0.5) is 5.69 Å². The summed E-state index contributed by atoms with van der Waals surface area (Å²) in [5.41, 5.74) is 8.91. The van der Waals surface area contributed by atoms with Gasteiger partial charge in [0.15, 0.2) is 0 Å². The number of aromatic nitrogens is 1. The number of anilines is 1. The molecule has 4 heteroatoms. The van der Waals surface area contributed by atoms with Crippen molar-refractivity contribution >= 4 is 11.6 Å². The third kappa shape index (κ3) is 3.10. The van der Waals surface area contributed by atoms with Crippen molar-refractivity contribution in [3.63, 3.8) is 0 Å². The van der Waals surface area contributed by atoms with E-state index in [1.54, 1.807) is 36.5 Å². The summed E-state index contributed by atoms with van der Waals surface area (Å²) in [7, 11) is 1.78. The first-order chi connectivity index (χ1) is 9.08. The Morgan fingerprint density at radius 3 is 2.84 bits per heavy atom. The number of carbonyl (C=O) groups excluding carboxylic acids is 1. The first-order valence-electron chi connectivity index (χ1n) is 6.08. The molecule has 0 aliphatic heterocycles. The van der Waals surface area contributed by atoms with E-state index in [1.807, 2.05) is 25.1 Å². The van der Waals surface area contributed by atoms with Crippen LogP contribution in [-0.2, 0) is 6.54 Å². The van der Waals surface area contributed by atoms with Gasteiger partial charge in [-0.25, -0.2) is 0 Å². The standard InChI is InChI=1S/C15H17N3O/c1-11-5-6-13(16)8-14(11)15(19)18(2)10-12-4-3-7-17-9-12/h3-9H,10,16H2,1-2H3. The Hall–Kier alpha value is -2.36. The summed E-state index contributed by atoms with van der Waals surface area (Å²) < 4.78 is 0. The van der Waals surface area contributed by atoms with Crippen molar-refractivity contribution in [2.45, 2.75) is 13.5 Å². The van der Waals surface area contributed by atoms with E-state index in [2.05, 4.69) is 4.98 Å². The van der Waals surface area contributed by atoms with Gasteiger partial charge in [0.2, 0.25) is 0 Å². The van der Waals surface area contributed by atoms with Crippen LogP contribution in [0, 0.1) is 6.92 Å². The number of nitrogens with two attached hydrogens (primary N) is 1. The van der Waals surface area contributed by atoms with Gasteiger partial charge in [0.25, 0.3) is 5.91 Å². The smallest absolute Gasteiger partial charge is 0.254 e. The number of aryl methyl sites for hydroxylation is 1.